The van der Waals surface area contributed by atoms with E-state index in [9.17, 15) is 5.11 Å². The molecule has 0 amide bonds. The lowest BCUT2D eigenvalue weighted by atomic mass is 9.79. The molecule has 1 fully saturated rings. The zero-order valence-electron chi connectivity index (χ0n) is 7.15. The Bertz CT molecular complexity index is 117. The average molecular weight is 268 g/mol. The maximum atomic E-state index is 9.89. The van der Waals surface area contributed by atoms with Gasteiger partial charge in [-0.1, -0.05) is 35.9 Å². The van der Waals surface area contributed by atoms with Crippen molar-refractivity contribution in [1.82, 2.24) is 0 Å². The van der Waals surface area contributed by atoms with E-state index in [0.29, 0.717) is 0 Å². The zero-order chi connectivity index (χ0) is 8.32. The molecule has 66 valence electrons. The lowest BCUT2D eigenvalue weighted by Crippen LogP contribution is -2.35. The van der Waals surface area contributed by atoms with Gasteiger partial charge in [0.2, 0.25) is 0 Å². The van der Waals surface area contributed by atoms with Crippen LogP contribution in [0.25, 0.3) is 0 Å². The lowest BCUT2D eigenvalue weighted by Gasteiger charge is -2.34. The van der Waals surface area contributed by atoms with Crippen LogP contribution >= 0.6 is 22.6 Å². The van der Waals surface area contributed by atoms with Gasteiger partial charge >= 0.3 is 0 Å². The summed E-state index contributed by atoms with van der Waals surface area (Å²) in [6, 6.07) is 0. The van der Waals surface area contributed by atoms with E-state index in [1.165, 1.54) is 19.3 Å². The fourth-order valence-electron chi connectivity index (χ4n) is 1.76. The molecule has 1 saturated carbocycles. The van der Waals surface area contributed by atoms with Crippen molar-refractivity contribution in [2.75, 3.05) is 4.43 Å². The Balaban J connectivity index is 2.35. The summed E-state index contributed by atoms with van der Waals surface area (Å²) in [4.78, 5) is 0. The molecule has 1 rings (SSSR count). The quantitative estimate of drug-likeness (QED) is 0.603. The maximum Gasteiger partial charge on any atom is 0.0737 e. The van der Waals surface area contributed by atoms with Crippen LogP contribution in [0.3, 0.4) is 0 Å². The van der Waals surface area contributed by atoms with E-state index in [1.807, 2.05) is 0 Å². The Morgan fingerprint density at radius 1 is 1.45 bits per heavy atom. The Morgan fingerprint density at radius 2 is 2.00 bits per heavy atom. The first-order chi connectivity index (χ1) is 5.20. The molecule has 1 aliphatic carbocycles. The van der Waals surface area contributed by atoms with Crippen LogP contribution in [0.1, 0.15) is 39.0 Å². The van der Waals surface area contributed by atoms with Crippen LogP contribution in [0, 0.1) is 5.92 Å². The molecule has 0 aromatic carbocycles. The SMILES string of the molecule is CCC1CCC(O)(CI)CC1. The summed E-state index contributed by atoms with van der Waals surface area (Å²) >= 11 is 2.29. The third-order valence-corrected chi connectivity index (χ3v) is 4.28. The van der Waals surface area contributed by atoms with Crippen molar-refractivity contribution in [2.45, 2.75) is 44.6 Å². The van der Waals surface area contributed by atoms with Crippen molar-refractivity contribution >= 4 is 22.6 Å². The van der Waals surface area contributed by atoms with Gasteiger partial charge in [0.15, 0.2) is 0 Å². The predicted octanol–water partition coefficient (Wildman–Crippen LogP) is 2.75. The lowest BCUT2D eigenvalue weighted by molar-refractivity contribution is 0.0148. The van der Waals surface area contributed by atoms with Gasteiger partial charge in [0, 0.05) is 4.43 Å². The molecule has 0 atom stereocenters. The molecule has 0 unspecified atom stereocenters. The first-order valence-electron chi connectivity index (χ1n) is 4.48. The van der Waals surface area contributed by atoms with Crippen LogP contribution < -0.4 is 0 Å². The molecule has 0 saturated heterocycles. The molecule has 0 heterocycles. The van der Waals surface area contributed by atoms with Crippen LogP contribution in [0.4, 0.5) is 0 Å². The second kappa shape index (κ2) is 4.08. The molecule has 1 nitrogen and oxygen atoms in total. The highest BCUT2D eigenvalue weighted by Gasteiger charge is 2.31. The van der Waals surface area contributed by atoms with Gasteiger partial charge in [0.1, 0.15) is 0 Å². The van der Waals surface area contributed by atoms with E-state index in [-0.39, 0.29) is 5.60 Å². The minimum Gasteiger partial charge on any atom is -0.389 e. The molecule has 0 aromatic heterocycles. The van der Waals surface area contributed by atoms with Crippen LogP contribution in [0.15, 0.2) is 0 Å². The van der Waals surface area contributed by atoms with E-state index in [2.05, 4.69) is 29.5 Å². The Hall–Kier alpha value is 0.690. The minimum absolute atomic E-state index is 0.313. The standard InChI is InChI=1S/C9H17IO/c1-2-8-3-5-9(11,7-10)6-4-8/h8,11H,2-7H2,1H3. The van der Waals surface area contributed by atoms with Crippen molar-refractivity contribution in [3.8, 4) is 0 Å². The monoisotopic (exact) mass is 268 g/mol. The Kier molecular flexibility index (Phi) is 3.62. The van der Waals surface area contributed by atoms with Crippen LogP contribution in [-0.4, -0.2) is 15.1 Å². The molecule has 0 spiro atoms. The summed E-state index contributed by atoms with van der Waals surface area (Å²) in [5.74, 6) is 0.887. The van der Waals surface area contributed by atoms with E-state index in [1.54, 1.807) is 0 Å². The molecule has 0 bridgehead atoms. The summed E-state index contributed by atoms with van der Waals surface area (Å²) in [5.41, 5.74) is -0.313. The van der Waals surface area contributed by atoms with E-state index in [4.69, 9.17) is 0 Å². The summed E-state index contributed by atoms with van der Waals surface area (Å²) in [5, 5.41) is 9.89. The molecule has 2 heteroatoms. The fraction of sp³-hybridized carbons (Fsp3) is 1.00. The van der Waals surface area contributed by atoms with Crippen molar-refractivity contribution in [3.05, 3.63) is 0 Å². The number of halogens is 1. The van der Waals surface area contributed by atoms with E-state index < -0.39 is 0 Å². The molecule has 0 aliphatic heterocycles. The van der Waals surface area contributed by atoms with Crippen LogP contribution in [0.5, 0.6) is 0 Å². The van der Waals surface area contributed by atoms with Gasteiger partial charge in [-0.25, -0.2) is 0 Å². The largest absolute Gasteiger partial charge is 0.389 e. The number of hydrogen-bond acceptors (Lipinski definition) is 1. The highest BCUT2D eigenvalue weighted by molar-refractivity contribution is 14.1. The molecular weight excluding hydrogens is 251 g/mol. The minimum atomic E-state index is -0.313. The third-order valence-electron chi connectivity index (χ3n) is 2.86. The van der Waals surface area contributed by atoms with Crippen molar-refractivity contribution in [3.63, 3.8) is 0 Å². The summed E-state index contributed by atoms with van der Waals surface area (Å²) in [7, 11) is 0. The van der Waals surface area contributed by atoms with Crippen molar-refractivity contribution in [1.29, 1.82) is 0 Å². The van der Waals surface area contributed by atoms with Crippen LogP contribution in [-0.2, 0) is 0 Å². The normalized spacial score (nSPS) is 39.0. The predicted molar refractivity (Wildman–Crippen MR) is 56.1 cm³/mol. The first kappa shape index (κ1) is 9.78. The molecule has 0 aromatic rings. The Labute approximate surface area is 82.7 Å². The number of aliphatic hydroxyl groups is 1. The summed E-state index contributed by atoms with van der Waals surface area (Å²) in [6.45, 7) is 2.25. The molecule has 1 aliphatic rings. The average Bonchev–Trinajstić information content (AvgIpc) is 2.06. The van der Waals surface area contributed by atoms with Gasteiger partial charge in [0.05, 0.1) is 5.60 Å². The van der Waals surface area contributed by atoms with Gasteiger partial charge in [0.25, 0.3) is 0 Å². The third kappa shape index (κ3) is 2.58. The second-order valence-corrected chi connectivity index (χ2v) is 4.47. The number of hydrogen-bond donors (Lipinski definition) is 1. The fourth-order valence-corrected chi connectivity index (χ4v) is 2.52. The molecule has 1 N–H and O–H groups in total. The number of rotatable bonds is 2. The number of alkyl halides is 1. The van der Waals surface area contributed by atoms with Gasteiger partial charge in [-0.05, 0) is 31.6 Å². The van der Waals surface area contributed by atoms with Crippen LogP contribution in [0.2, 0.25) is 0 Å². The van der Waals surface area contributed by atoms with Crippen molar-refractivity contribution < 1.29 is 5.11 Å². The first-order valence-corrected chi connectivity index (χ1v) is 6.01. The van der Waals surface area contributed by atoms with Gasteiger partial charge in [-0.3, -0.25) is 0 Å². The maximum absolute atomic E-state index is 9.89. The van der Waals surface area contributed by atoms with Gasteiger partial charge < -0.3 is 5.11 Å². The highest BCUT2D eigenvalue weighted by Crippen LogP contribution is 2.34. The summed E-state index contributed by atoms with van der Waals surface area (Å²) in [6.07, 6.45) is 5.80. The zero-order valence-corrected chi connectivity index (χ0v) is 9.30. The topological polar surface area (TPSA) is 20.2 Å². The van der Waals surface area contributed by atoms with Crippen molar-refractivity contribution in [2.24, 2.45) is 5.92 Å². The summed E-state index contributed by atoms with van der Waals surface area (Å²) < 4.78 is 0.904. The van der Waals surface area contributed by atoms with E-state index in [0.717, 1.165) is 23.2 Å². The second-order valence-electron chi connectivity index (χ2n) is 3.71. The smallest absolute Gasteiger partial charge is 0.0737 e. The molecule has 0 radical (unpaired) electrons. The van der Waals surface area contributed by atoms with E-state index >= 15 is 0 Å². The molecular formula is C9H17IO. The highest BCUT2D eigenvalue weighted by atomic mass is 127. The van der Waals surface area contributed by atoms with Gasteiger partial charge in [-0.15, -0.1) is 0 Å². The Morgan fingerprint density at radius 3 is 2.36 bits per heavy atom. The molecule has 11 heavy (non-hydrogen) atoms. The van der Waals surface area contributed by atoms with Gasteiger partial charge in [-0.2, -0.15) is 0 Å².